The summed E-state index contributed by atoms with van der Waals surface area (Å²) in [5, 5.41) is 0. The summed E-state index contributed by atoms with van der Waals surface area (Å²) in [5.74, 6) is 2.24. The van der Waals surface area contributed by atoms with Gasteiger partial charge in [-0.3, -0.25) is 0 Å². The lowest BCUT2D eigenvalue weighted by atomic mass is 10.1. The standard InChI is InChI=1S/C21H21NO2/c1-15-12-18(22)13-16(2)21(15)24-20-11-7-6-10-19(20)23-14-17-8-4-3-5-9-17/h3-13H,14,22H2,1-2H3. The maximum Gasteiger partial charge on any atom is 0.169 e. The molecular formula is C21H21NO2. The molecule has 0 heterocycles. The molecule has 0 aliphatic heterocycles. The fraction of sp³-hybridized carbons (Fsp3) is 0.143. The molecule has 122 valence electrons. The van der Waals surface area contributed by atoms with Crippen LogP contribution in [0.5, 0.6) is 17.2 Å². The van der Waals surface area contributed by atoms with E-state index in [2.05, 4.69) is 0 Å². The van der Waals surface area contributed by atoms with E-state index in [-0.39, 0.29) is 0 Å². The van der Waals surface area contributed by atoms with Gasteiger partial charge in [-0.05, 0) is 54.8 Å². The third kappa shape index (κ3) is 3.69. The number of hydrogen-bond donors (Lipinski definition) is 1. The average Bonchev–Trinajstić information content (AvgIpc) is 2.58. The Morgan fingerprint density at radius 2 is 1.38 bits per heavy atom. The Morgan fingerprint density at radius 3 is 2.04 bits per heavy atom. The Bertz CT molecular complexity index is 805. The second-order valence-corrected chi connectivity index (χ2v) is 5.81. The zero-order valence-electron chi connectivity index (χ0n) is 14.0. The van der Waals surface area contributed by atoms with Gasteiger partial charge >= 0.3 is 0 Å². The molecule has 0 fully saturated rings. The van der Waals surface area contributed by atoms with E-state index in [0.717, 1.165) is 33.9 Å². The van der Waals surface area contributed by atoms with Crippen LogP contribution in [0.25, 0.3) is 0 Å². The zero-order valence-corrected chi connectivity index (χ0v) is 14.0. The summed E-state index contributed by atoms with van der Waals surface area (Å²) in [6.45, 7) is 4.49. The highest BCUT2D eigenvalue weighted by molar-refractivity contribution is 5.54. The summed E-state index contributed by atoms with van der Waals surface area (Å²) in [4.78, 5) is 0. The highest BCUT2D eigenvalue weighted by atomic mass is 16.5. The molecule has 0 amide bonds. The molecule has 3 heteroatoms. The van der Waals surface area contributed by atoms with Gasteiger partial charge < -0.3 is 15.2 Å². The van der Waals surface area contributed by atoms with E-state index in [1.807, 2.05) is 80.6 Å². The van der Waals surface area contributed by atoms with Crippen LogP contribution in [0, 0.1) is 13.8 Å². The Labute approximate surface area is 142 Å². The van der Waals surface area contributed by atoms with Gasteiger partial charge in [0.25, 0.3) is 0 Å². The number of rotatable bonds is 5. The summed E-state index contributed by atoms with van der Waals surface area (Å²) in [6, 6.07) is 21.6. The van der Waals surface area contributed by atoms with Crippen molar-refractivity contribution in [1.29, 1.82) is 0 Å². The normalized spacial score (nSPS) is 10.4. The van der Waals surface area contributed by atoms with E-state index in [1.54, 1.807) is 0 Å². The number of para-hydroxylation sites is 2. The summed E-state index contributed by atoms with van der Waals surface area (Å²) in [6.07, 6.45) is 0. The van der Waals surface area contributed by atoms with Gasteiger partial charge in [0, 0.05) is 5.69 Å². The molecule has 24 heavy (non-hydrogen) atoms. The van der Waals surface area contributed by atoms with Crippen molar-refractivity contribution in [2.45, 2.75) is 20.5 Å². The van der Waals surface area contributed by atoms with Gasteiger partial charge in [-0.15, -0.1) is 0 Å². The maximum absolute atomic E-state index is 6.13. The average molecular weight is 319 g/mol. The Balaban J connectivity index is 1.82. The van der Waals surface area contributed by atoms with E-state index in [4.69, 9.17) is 15.2 Å². The topological polar surface area (TPSA) is 44.5 Å². The fourth-order valence-corrected chi connectivity index (χ4v) is 2.64. The van der Waals surface area contributed by atoms with Gasteiger partial charge in [0.2, 0.25) is 0 Å². The van der Waals surface area contributed by atoms with Gasteiger partial charge in [-0.25, -0.2) is 0 Å². The predicted octanol–water partition coefficient (Wildman–Crippen LogP) is 5.26. The van der Waals surface area contributed by atoms with E-state index in [1.165, 1.54) is 0 Å². The molecule has 0 aliphatic rings. The molecule has 3 nitrogen and oxygen atoms in total. The maximum atomic E-state index is 6.13. The van der Waals surface area contributed by atoms with Crippen LogP contribution in [0.15, 0.2) is 66.7 Å². The summed E-state index contributed by atoms with van der Waals surface area (Å²) >= 11 is 0. The predicted molar refractivity (Wildman–Crippen MR) is 97.6 cm³/mol. The molecular weight excluding hydrogens is 298 g/mol. The minimum absolute atomic E-state index is 0.501. The third-order valence-electron chi connectivity index (χ3n) is 3.78. The highest BCUT2D eigenvalue weighted by Crippen LogP contribution is 2.35. The Morgan fingerprint density at radius 1 is 0.792 bits per heavy atom. The van der Waals surface area contributed by atoms with Crippen molar-refractivity contribution in [2.75, 3.05) is 5.73 Å². The van der Waals surface area contributed by atoms with Crippen LogP contribution in [-0.4, -0.2) is 0 Å². The molecule has 3 aromatic rings. The number of nitrogen functional groups attached to an aromatic ring is 1. The van der Waals surface area contributed by atoms with Crippen LogP contribution in [0.2, 0.25) is 0 Å². The fourth-order valence-electron chi connectivity index (χ4n) is 2.64. The molecule has 0 saturated carbocycles. The van der Waals surface area contributed by atoms with Crippen molar-refractivity contribution >= 4 is 5.69 Å². The highest BCUT2D eigenvalue weighted by Gasteiger charge is 2.11. The molecule has 3 aromatic carbocycles. The SMILES string of the molecule is Cc1cc(N)cc(C)c1Oc1ccccc1OCc1ccccc1. The molecule has 2 N–H and O–H groups in total. The first-order valence-electron chi connectivity index (χ1n) is 7.94. The molecule has 0 aromatic heterocycles. The lowest BCUT2D eigenvalue weighted by molar-refractivity contribution is 0.291. The van der Waals surface area contributed by atoms with Crippen molar-refractivity contribution in [3.8, 4) is 17.2 Å². The van der Waals surface area contributed by atoms with Gasteiger partial charge in [0.15, 0.2) is 11.5 Å². The number of aryl methyl sites for hydroxylation is 2. The van der Waals surface area contributed by atoms with Crippen LogP contribution >= 0.6 is 0 Å². The van der Waals surface area contributed by atoms with E-state index in [9.17, 15) is 0 Å². The van der Waals surface area contributed by atoms with Crippen LogP contribution in [0.3, 0.4) is 0 Å². The molecule has 0 bridgehead atoms. The number of hydrogen-bond acceptors (Lipinski definition) is 3. The van der Waals surface area contributed by atoms with Crippen molar-refractivity contribution < 1.29 is 9.47 Å². The van der Waals surface area contributed by atoms with Crippen LogP contribution < -0.4 is 15.2 Å². The van der Waals surface area contributed by atoms with Crippen LogP contribution in [-0.2, 0) is 6.61 Å². The minimum Gasteiger partial charge on any atom is -0.485 e. The monoisotopic (exact) mass is 319 g/mol. The number of benzene rings is 3. The van der Waals surface area contributed by atoms with Gasteiger partial charge in [-0.1, -0.05) is 42.5 Å². The third-order valence-corrected chi connectivity index (χ3v) is 3.78. The van der Waals surface area contributed by atoms with Gasteiger partial charge in [0.1, 0.15) is 12.4 Å². The van der Waals surface area contributed by atoms with Gasteiger partial charge in [0.05, 0.1) is 0 Å². The van der Waals surface area contributed by atoms with Crippen molar-refractivity contribution in [2.24, 2.45) is 0 Å². The van der Waals surface area contributed by atoms with E-state index < -0.39 is 0 Å². The molecule has 0 saturated heterocycles. The van der Waals surface area contributed by atoms with Crippen molar-refractivity contribution in [1.82, 2.24) is 0 Å². The lowest BCUT2D eigenvalue weighted by Crippen LogP contribution is -1.99. The Kier molecular flexibility index (Phi) is 4.71. The zero-order chi connectivity index (χ0) is 16.9. The number of anilines is 1. The van der Waals surface area contributed by atoms with E-state index >= 15 is 0 Å². The van der Waals surface area contributed by atoms with Crippen molar-refractivity contribution in [3.63, 3.8) is 0 Å². The molecule has 0 atom stereocenters. The smallest absolute Gasteiger partial charge is 0.169 e. The second-order valence-electron chi connectivity index (χ2n) is 5.81. The molecule has 0 radical (unpaired) electrons. The summed E-state index contributed by atoms with van der Waals surface area (Å²) < 4.78 is 12.1. The lowest BCUT2D eigenvalue weighted by Gasteiger charge is -2.16. The quantitative estimate of drug-likeness (QED) is 0.653. The first kappa shape index (κ1) is 15.9. The largest absolute Gasteiger partial charge is 0.485 e. The first-order chi connectivity index (χ1) is 11.6. The molecule has 0 spiro atoms. The Hall–Kier alpha value is -2.94. The van der Waals surface area contributed by atoms with Gasteiger partial charge in [-0.2, -0.15) is 0 Å². The van der Waals surface area contributed by atoms with Crippen LogP contribution in [0.1, 0.15) is 16.7 Å². The number of ether oxygens (including phenoxy) is 2. The first-order valence-corrected chi connectivity index (χ1v) is 7.94. The van der Waals surface area contributed by atoms with Crippen molar-refractivity contribution in [3.05, 3.63) is 83.4 Å². The minimum atomic E-state index is 0.501. The molecule has 3 rings (SSSR count). The number of nitrogens with two attached hydrogens (primary N) is 1. The molecule has 0 aliphatic carbocycles. The molecule has 0 unspecified atom stereocenters. The summed E-state index contributed by atoms with van der Waals surface area (Å²) in [7, 11) is 0. The second kappa shape index (κ2) is 7.09. The van der Waals surface area contributed by atoms with Crippen LogP contribution in [0.4, 0.5) is 5.69 Å². The summed E-state index contributed by atoms with van der Waals surface area (Å²) in [5.41, 5.74) is 9.75. The van der Waals surface area contributed by atoms with E-state index in [0.29, 0.717) is 12.4 Å².